The van der Waals surface area contributed by atoms with Gasteiger partial charge in [0.1, 0.15) is 5.41 Å². The van der Waals surface area contributed by atoms with Crippen molar-refractivity contribution in [3.63, 3.8) is 0 Å². The molecule has 1 aromatic heterocycles. The molecule has 0 saturated heterocycles. The summed E-state index contributed by atoms with van der Waals surface area (Å²) in [6.07, 6.45) is 3.29. The summed E-state index contributed by atoms with van der Waals surface area (Å²) in [6.45, 7) is 0. The number of nitrogens with zero attached hydrogens (tertiary/aromatic N) is 2. The van der Waals surface area contributed by atoms with Gasteiger partial charge in [0, 0.05) is 6.20 Å². The van der Waals surface area contributed by atoms with Crippen LogP contribution in [0.2, 0.25) is 0 Å². The molecule has 1 N–H and O–H groups in total. The SMILES string of the molecule is N#CC1(C2Oc3cccnc3NC2=O)CCC1. The minimum absolute atomic E-state index is 0.266. The van der Waals surface area contributed by atoms with Crippen LogP contribution in [0.3, 0.4) is 0 Å². The zero-order valence-corrected chi connectivity index (χ0v) is 9.14. The molecule has 1 unspecified atom stereocenters. The molecule has 1 saturated carbocycles. The van der Waals surface area contributed by atoms with E-state index in [1.807, 2.05) is 0 Å². The molecule has 5 heteroatoms. The van der Waals surface area contributed by atoms with Gasteiger partial charge in [-0.25, -0.2) is 4.98 Å². The first-order valence-corrected chi connectivity index (χ1v) is 5.59. The molecule has 17 heavy (non-hydrogen) atoms. The standard InChI is InChI=1S/C12H11N3O2/c13-7-12(4-2-5-12)9-11(16)15-10-8(17-9)3-1-6-14-10/h1,3,6,9H,2,4-5H2,(H,14,15,16). The Morgan fingerprint density at radius 2 is 2.41 bits per heavy atom. The molecular weight excluding hydrogens is 218 g/mol. The predicted octanol–water partition coefficient (Wildman–Crippen LogP) is 1.47. The Balaban J connectivity index is 1.95. The predicted molar refractivity (Wildman–Crippen MR) is 59.2 cm³/mol. The van der Waals surface area contributed by atoms with Gasteiger partial charge in [-0.05, 0) is 31.4 Å². The Kier molecular flexibility index (Phi) is 2.05. The average molecular weight is 229 g/mol. The fraction of sp³-hybridized carbons (Fsp3) is 0.417. The zero-order valence-electron chi connectivity index (χ0n) is 9.14. The van der Waals surface area contributed by atoms with Crippen LogP contribution in [0.4, 0.5) is 5.82 Å². The molecule has 1 aliphatic carbocycles. The third kappa shape index (κ3) is 1.37. The van der Waals surface area contributed by atoms with E-state index >= 15 is 0 Å². The van der Waals surface area contributed by atoms with Crippen LogP contribution in [0, 0.1) is 16.7 Å². The molecule has 1 atom stereocenters. The third-order valence-electron chi connectivity index (χ3n) is 3.47. The van der Waals surface area contributed by atoms with E-state index in [1.165, 1.54) is 0 Å². The molecular formula is C12H11N3O2. The van der Waals surface area contributed by atoms with Crippen LogP contribution in [0.5, 0.6) is 5.75 Å². The van der Waals surface area contributed by atoms with Gasteiger partial charge >= 0.3 is 0 Å². The number of hydrogen-bond acceptors (Lipinski definition) is 4. The number of pyridine rings is 1. The summed E-state index contributed by atoms with van der Waals surface area (Å²) in [6, 6.07) is 5.73. The number of hydrogen-bond donors (Lipinski definition) is 1. The van der Waals surface area contributed by atoms with Gasteiger partial charge in [-0.3, -0.25) is 4.79 Å². The number of nitrogens with one attached hydrogen (secondary N) is 1. The quantitative estimate of drug-likeness (QED) is 0.791. The van der Waals surface area contributed by atoms with Crippen LogP contribution in [0.1, 0.15) is 19.3 Å². The molecule has 0 aromatic carbocycles. The van der Waals surface area contributed by atoms with Crippen LogP contribution in [-0.4, -0.2) is 17.0 Å². The number of carbonyl (C=O) groups excluding carboxylic acids is 1. The highest BCUT2D eigenvalue weighted by molar-refractivity contribution is 5.97. The summed E-state index contributed by atoms with van der Waals surface area (Å²) in [5.74, 6) is 0.706. The highest BCUT2D eigenvalue weighted by Gasteiger charge is 2.51. The van der Waals surface area contributed by atoms with E-state index in [-0.39, 0.29) is 5.91 Å². The molecule has 5 nitrogen and oxygen atoms in total. The molecule has 2 aliphatic rings. The first-order chi connectivity index (χ1) is 8.25. The number of nitriles is 1. The largest absolute Gasteiger partial charge is 0.475 e. The maximum Gasteiger partial charge on any atom is 0.268 e. The van der Waals surface area contributed by atoms with E-state index in [4.69, 9.17) is 4.74 Å². The van der Waals surface area contributed by atoms with Crippen molar-refractivity contribution < 1.29 is 9.53 Å². The third-order valence-corrected chi connectivity index (χ3v) is 3.47. The van der Waals surface area contributed by atoms with Crippen molar-refractivity contribution in [2.24, 2.45) is 5.41 Å². The summed E-state index contributed by atoms with van der Waals surface area (Å²) in [4.78, 5) is 15.9. The summed E-state index contributed by atoms with van der Waals surface area (Å²) < 4.78 is 5.65. The second-order valence-corrected chi connectivity index (χ2v) is 4.46. The van der Waals surface area contributed by atoms with E-state index in [2.05, 4.69) is 16.4 Å². The molecule has 3 rings (SSSR count). The number of amides is 1. The molecule has 1 fully saturated rings. The lowest BCUT2D eigenvalue weighted by molar-refractivity contribution is -0.130. The summed E-state index contributed by atoms with van der Waals surface area (Å²) in [5, 5.41) is 11.9. The number of ether oxygens (including phenoxy) is 1. The van der Waals surface area contributed by atoms with Gasteiger partial charge < -0.3 is 10.1 Å². The second kappa shape index (κ2) is 3.45. The number of aromatic nitrogens is 1. The molecule has 0 radical (unpaired) electrons. The van der Waals surface area contributed by atoms with Crippen LogP contribution in [0.15, 0.2) is 18.3 Å². The number of carbonyl (C=O) groups is 1. The van der Waals surface area contributed by atoms with Gasteiger partial charge in [0.2, 0.25) is 0 Å². The summed E-state index contributed by atoms with van der Waals surface area (Å²) >= 11 is 0. The fourth-order valence-corrected chi connectivity index (χ4v) is 2.30. The first kappa shape index (κ1) is 10.1. The van der Waals surface area contributed by atoms with Crippen LogP contribution in [0.25, 0.3) is 0 Å². The van der Waals surface area contributed by atoms with E-state index in [9.17, 15) is 10.1 Å². The summed E-state index contributed by atoms with van der Waals surface area (Å²) in [7, 11) is 0. The van der Waals surface area contributed by atoms with Crippen LogP contribution >= 0.6 is 0 Å². The Morgan fingerprint density at radius 3 is 3.06 bits per heavy atom. The van der Waals surface area contributed by atoms with Gasteiger partial charge in [-0.2, -0.15) is 5.26 Å². The van der Waals surface area contributed by atoms with Crippen molar-refractivity contribution in [2.45, 2.75) is 25.4 Å². The second-order valence-electron chi connectivity index (χ2n) is 4.46. The van der Waals surface area contributed by atoms with Crippen molar-refractivity contribution in [3.05, 3.63) is 18.3 Å². The number of anilines is 1. The van der Waals surface area contributed by atoms with Crippen molar-refractivity contribution in [1.82, 2.24) is 4.98 Å². The number of rotatable bonds is 1. The molecule has 1 amide bonds. The van der Waals surface area contributed by atoms with Crippen molar-refractivity contribution in [2.75, 3.05) is 5.32 Å². The van der Waals surface area contributed by atoms with Crippen molar-refractivity contribution in [1.29, 1.82) is 5.26 Å². The van der Waals surface area contributed by atoms with Gasteiger partial charge in [-0.1, -0.05) is 0 Å². The average Bonchev–Trinajstić information content (AvgIpc) is 2.29. The van der Waals surface area contributed by atoms with E-state index in [1.54, 1.807) is 18.3 Å². The van der Waals surface area contributed by atoms with Crippen LogP contribution in [-0.2, 0) is 4.79 Å². The zero-order chi connectivity index (χ0) is 11.9. The molecule has 2 heterocycles. The first-order valence-electron chi connectivity index (χ1n) is 5.59. The summed E-state index contributed by atoms with van der Waals surface area (Å²) in [5.41, 5.74) is -0.655. The topological polar surface area (TPSA) is 75.0 Å². The highest BCUT2D eigenvalue weighted by atomic mass is 16.5. The fourth-order valence-electron chi connectivity index (χ4n) is 2.30. The van der Waals surface area contributed by atoms with E-state index in [0.717, 1.165) is 19.3 Å². The lowest BCUT2D eigenvalue weighted by Crippen LogP contribution is -2.52. The van der Waals surface area contributed by atoms with Crippen LogP contribution < -0.4 is 10.1 Å². The Labute approximate surface area is 98.4 Å². The minimum atomic E-state index is -0.710. The lowest BCUT2D eigenvalue weighted by atomic mass is 9.65. The minimum Gasteiger partial charge on any atom is -0.475 e. The molecule has 1 aromatic rings. The number of fused-ring (bicyclic) bond motifs is 1. The molecule has 86 valence electrons. The molecule has 0 bridgehead atoms. The molecule has 0 spiro atoms. The smallest absolute Gasteiger partial charge is 0.268 e. The maximum atomic E-state index is 11.9. The Bertz CT molecular complexity index is 517. The Hall–Kier alpha value is -2.09. The molecule has 1 aliphatic heterocycles. The van der Waals surface area contributed by atoms with Gasteiger partial charge in [-0.15, -0.1) is 0 Å². The maximum absolute atomic E-state index is 11.9. The van der Waals surface area contributed by atoms with Gasteiger partial charge in [0.05, 0.1) is 6.07 Å². The van der Waals surface area contributed by atoms with Crippen molar-refractivity contribution >= 4 is 11.7 Å². The van der Waals surface area contributed by atoms with Crippen molar-refractivity contribution in [3.8, 4) is 11.8 Å². The normalized spacial score (nSPS) is 24.6. The van der Waals surface area contributed by atoms with E-state index < -0.39 is 11.5 Å². The van der Waals surface area contributed by atoms with E-state index in [0.29, 0.717) is 11.6 Å². The highest BCUT2D eigenvalue weighted by Crippen LogP contribution is 2.46. The van der Waals surface area contributed by atoms with Gasteiger partial charge in [0.15, 0.2) is 17.7 Å². The monoisotopic (exact) mass is 229 g/mol. The lowest BCUT2D eigenvalue weighted by Gasteiger charge is -2.42. The van der Waals surface area contributed by atoms with Gasteiger partial charge in [0.25, 0.3) is 5.91 Å². The Morgan fingerprint density at radius 1 is 1.59 bits per heavy atom.